The van der Waals surface area contributed by atoms with Crippen molar-refractivity contribution in [2.24, 2.45) is 7.05 Å². The van der Waals surface area contributed by atoms with Gasteiger partial charge in [0.1, 0.15) is 5.69 Å². The SMILES string of the molecule is Cc1c(C(F)F)nn(C)c1O. The van der Waals surface area contributed by atoms with Gasteiger partial charge in [0.25, 0.3) is 6.43 Å². The molecule has 0 atom stereocenters. The zero-order valence-electron chi connectivity index (χ0n) is 6.17. The Hall–Kier alpha value is -1.13. The first kappa shape index (κ1) is 7.97. The third kappa shape index (κ3) is 1.18. The average Bonchev–Trinajstić information content (AvgIpc) is 2.17. The van der Waals surface area contributed by atoms with Crippen LogP contribution in [0.4, 0.5) is 8.78 Å². The van der Waals surface area contributed by atoms with Crippen molar-refractivity contribution in [1.82, 2.24) is 9.78 Å². The van der Waals surface area contributed by atoms with Crippen molar-refractivity contribution in [1.29, 1.82) is 0 Å². The summed E-state index contributed by atoms with van der Waals surface area (Å²) in [6.07, 6.45) is -2.62. The summed E-state index contributed by atoms with van der Waals surface area (Å²) in [4.78, 5) is 0. The molecule has 0 saturated heterocycles. The van der Waals surface area contributed by atoms with Gasteiger partial charge in [-0.2, -0.15) is 5.10 Å². The predicted molar refractivity (Wildman–Crippen MR) is 34.6 cm³/mol. The summed E-state index contributed by atoms with van der Waals surface area (Å²) in [6, 6.07) is 0. The average molecular weight is 162 g/mol. The summed E-state index contributed by atoms with van der Waals surface area (Å²) < 4.78 is 25.1. The minimum absolute atomic E-state index is 0.141. The molecule has 1 aromatic heterocycles. The maximum absolute atomic E-state index is 12.0. The van der Waals surface area contributed by atoms with Crippen LogP contribution in [0, 0.1) is 6.92 Å². The number of hydrogen-bond donors (Lipinski definition) is 1. The maximum Gasteiger partial charge on any atom is 0.282 e. The van der Waals surface area contributed by atoms with Crippen LogP contribution in [0.2, 0.25) is 0 Å². The molecule has 3 nitrogen and oxygen atoms in total. The predicted octanol–water partition coefficient (Wildman–Crippen LogP) is 1.37. The molecule has 0 spiro atoms. The first-order chi connectivity index (χ1) is 5.04. The summed E-state index contributed by atoms with van der Waals surface area (Å²) in [7, 11) is 1.41. The zero-order valence-corrected chi connectivity index (χ0v) is 6.17. The van der Waals surface area contributed by atoms with Crippen LogP contribution in [-0.4, -0.2) is 14.9 Å². The van der Waals surface area contributed by atoms with E-state index >= 15 is 0 Å². The van der Waals surface area contributed by atoms with Crippen molar-refractivity contribution in [3.63, 3.8) is 0 Å². The highest BCUT2D eigenvalue weighted by atomic mass is 19.3. The lowest BCUT2D eigenvalue weighted by atomic mass is 10.3. The fraction of sp³-hybridized carbons (Fsp3) is 0.500. The summed E-state index contributed by atoms with van der Waals surface area (Å²) in [5.74, 6) is -0.208. The molecule has 0 aromatic carbocycles. The lowest BCUT2D eigenvalue weighted by molar-refractivity contribution is 0.144. The second-order valence-corrected chi connectivity index (χ2v) is 2.26. The van der Waals surface area contributed by atoms with E-state index in [4.69, 9.17) is 5.11 Å². The largest absolute Gasteiger partial charge is 0.493 e. The van der Waals surface area contributed by atoms with E-state index in [0.717, 1.165) is 4.68 Å². The van der Waals surface area contributed by atoms with E-state index in [0.29, 0.717) is 0 Å². The number of aryl methyl sites for hydroxylation is 1. The summed E-state index contributed by atoms with van der Waals surface area (Å²) in [5.41, 5.74) is -0.215. The van der Waals surface area contributed by atoms with Crippen molar-refractivity contribution in [2.45, 2.75) is 13.3 Å². The van der Waals surface area contributed by atoms with Crippen LogP contribution >= 0.6 is 0 Å². The van der Waals surface area contributed by atoms with Crippen LogP contribution in [0.5, 0.6) is 5.88 Å². The highest BCUT2D eigenvalue weighted by Crippen LogP contribution is 2.26. The molecule has 0 fully saturated rings. The molecule has 5 heteroatoms. The van der Waals surface area contributed by atoms with Crippen LogP contribution in [0.15, 0.2) is 0 Å². The number of aromatic nitrogens is 2. The Kier molecular flexibility index (Phi) is 1.80. The van der Waals surface area contributed by atoms with Crippen LogP contribution in [0.25, 0.3) is 0 Å². The van der Waals surface area contributed by atoms with Crippen molar-refractivity contribution >= 4 is 0 Å². The molecule has 1 heterocycles. The number of hydrogen-bond acceptors (Lipinski definition) is 2. The third-order valence-corrected chi connectivity index (χ3v) is 1.49. The number of aromatic hydroxyl groups is 1. The zero-order chi connectivity index (χ0) is 8.59. The monoisotopic (exact) mass is 162 g/mol. The molecule has 0 saturated carbocycles. The van der Waals surface area contributed by atoms with E-state index in [9.17, 15) is 8.78 Å². The van der Waals surface area contributed by atoms with E-state index in [1.54, 1.807) is 0 Å². The van der Waals surface area contributed by atoms with Gasteiger partial charge in [0, 0.05) is 12.6 Å². The molecule has 1 rings (SSSR count). The highest BCUT2D eigenvalue weighted by Gasteiger charge is 2.18. The van der Waals surface area contributed by atoms with Crippen molar-refractivity contribution in [2.75, 3.05) is 0 Å². The molecule has 0 bridgehead atoms. The first-order valence-corrected chi connectivity index (χ1v) is 3.04. The van der Waals surface area contributed by atoms with Crippen LogP contribution in [0.1, 0.15) is 17.7 Å². The maximum atomic E-state index is 12.0. The fourth-order valence-electron chi connectivity index (χ4n) is 0.849. The van der Waals surface area contributed by atoms with E-state index in [1.807, 2.05) is 0 Å². The third-order valence-electron chi connectivity index (χ3n) is 1.49. The topological polar surface area (TPSA) is 38.0 Å². The minimum Gasteiger partial charge on any atom is -0.493 e. The van der Waals surface area contributed by atoms with Gasteiger partial charge in [-0.3, -0.25) is 0 Å². The minimum atomic E-state index is -2.62. The van der Waals surface area contributed by atoms with Gasteiger partial charge in [-0.1, -0.05) is 0 Å². The van der Waals surface area contributed by atoms with Gasteiger partial charge < -0.3 is 5.11 Å². The molecule has 62 valence electrons. The fourth-order valence-corrected chi connectivity index (χ4v) is 0.849. The quantitative estimate of drug-likeness (QED) is 0.677. The van der Waals surface area contributed by atoms with E-state index < -0.39 is 6.43 Å². The Morgan fingerprint density at radius 1 is 1.55 bits per heavy atom. The van der Waals surface area contributed by atoms with Crippen molar-refractivity contribution in [3.05, 3.63) is 11.3 Å². The van der Waals surface area contributed by atoms with E-state index in [-0.39, 0.29) is 17.1 Å². The Morgan fingerprint density at radius 2 is 2.09 bits per heavy atom. The molecule has 0 aliphatic rings. The van der Waals surface area contributed by atoms with Crippen LogP contribution < -0.4 is 0 Å². The summed E-state index contributed by atoms with van der Waals surface area (Å²) in [5, 5.41) is 12.5. The molecule has 0 unspecified atom stereocenters. The molecule has 1 aromatic rings. The highest BCUT2D eigenvalue weighted by molar-refractivity contribution is 5.29. The smallest absolute Gasteiger partial charge is 0.282 e. The van der Waals surface area contributed by atoms with Gasteiger partial charge in [-0.15, -0.1) is 0 Å². The number of alkyl halides is 2. The van der Waals surface area contributed by atoms with Gasteiger partial charge in [-0.05, 0) is 6.92 Å². The van der Waals surface area contributed by atoms with Crippen molar-refractivity contribution < 1.29 is 13.9 Å². The molecule has 0 aliphatic heterocycles. The van der Waals surface area contributed by atoms with Gasteiger partial charge in [0.05, 0.1) is 0 Å². The Morgan fingerprint density at radius 3 is 2.27 bits per heavy atom. The number of rotatable bonds is 1. The lowest BCUT2D eigenvalue weighted by Gasteiger charge is -1.92. The van der Waals surface area contributed by atoms with Crippen LogP contribution in [-0.2, 0) is 7.05 Å². The summed E-state index contributed by atoms with van der Waals surface area (Å²) >= 11 is 0. The van der Waals surface area contributed by atoms with Crippen LogP contribution in [0.3, 0.4) is 0 Å². The van der Waals surface area contributed by atoms with Crippen molar-refractivity contribution in [3.8, 4) is 5.88 Å². The summed E-state index contributed by atoms with van der Waals surface area (Å²) in [6.45, 7) is 1.41. The van der Waals surface area contributed by atoms with Gasteiger partial charge in [-0.25, -0.2) is 13.5 Å². The normalized spacial score (nSPS) is 11.0. The molecular formula is C6H8F2N2O. The van der Waals surface area contributed by atoms with Gasteiger partial charge in [0.2, 0.25) is 5.88 Å². The number of nitrogens with zero attached hydrogens (tertiary/aromatic N) is 2. The molecular weight excluding hydrogens is 154 g/mol. The molecule has 0 amide bonds. The van der Waals surface area contributed by atoms with E-state index in [1.165, 1.54) is 14.0 Å². The molecule has 1 N–H and O–H groups in total. The van der Waals surface area contributed by atoms with Gasteiger partial charge in [0.15, 0.2) is 0 Å². The second-order valence-electron chi connectivity index (χ2n) is 2.26. The molecule has 11 heavy (non-hydrogen) atoms. The Labute approximate surface area is 62.3 Å². The number of halogens is 2. The first-order valence-electron chi connectivity index (χ1n) is 3.04. The standard InChI is InChI=1S/C6H8F2N2O/c1-3-4(5(7)8)9-10(2)6(3)11/h5,11H,1-2H3. The van der Waals surface area contributed by atoms with E-state index in [2.05, 4.69) is 5.10 Å². The molecule has 0 radical (unpaired) electrons. The Bertz CT molecular complexity index is 270. The second kappa shape index (κ2) is 2.48. The Balaban J connectivity index is 3.19. The van der Waals surface area contributed by atoms with Gasteiger partial charge >= 0.3 is 0 Å². The molecule has 0 aliphatic carbocycles. The lowest BCUT2D eigenvalue weighted by Crippen LogP contribution is -1.91.